The van der Waals surface area contributed by atoms with Crippen LogP contribution < -0.4 is 5.32 Å². The summed E-state index contributed by atoms with van der Waals surface area (Å²) < 4.78 is 0. The van der Waals surface area contributed by atoms with Crippen LogP contribution in [0.4, 0.5) is 5.69 Å². The molecule has 2 aromatic heterocycles. The summed E-state index contributed by atoms with van der Waals surface area (Å²) in [7, 11) is 0. The van der Waals surface area contributed by atoms with Crippen molar-refractivity contribution in [3.8, 4) is 0 Å². The first-order chi connectivity index (χ1) is 13.2. The van der Waals surface area contributed by atoms with Crippen LogP contribution in [0.1, 0.15) is 24.7 Å². The summed E-state index contributed by atoms with van der Waals surface area (Å²) in [4.78, 5) is 22.9. The third-order valence-electron chi connectivity index (χ3n) is 5.05. The molecule has 1 aliphatic heterocycles. The standard InChI is InChI=1S/C22H24N4O/c1-16(27)24-20-7-8-22-18(13-20)5-6-21(25-22)15-26-11-9-17(14-26)12-19-4-2-3-10-23-19/h2-8,10,13,17H,9,11-12,14-15H2,1H3,(H,24,27). The fraction of sp³-hybridized carbons (Fsp3) is 0.318. The molecule has 1 N–H and O–H groups in total. The van der Waals surface area contributed by atoms with Crippen LogP contribution in [0.15, 0.2) is 54.7 Å². The maximum atomic E-state index is 11.2. The number of fused-ring (bicyclic) bond motifs is 1. The van der Waals surface area contributed by atoms with Gasteiger partial charge in [0, 0.05) is 43.0 Å². The molecule has 0 radical (unpaired) electrons. The molecule has 1 aliphatic rings. The van der Waals surface area contributed by atoms with Gasteiger partial charge < -0.3 is 5.32 Å². The minimum absolute atomic E-state index is 0.0618. The molecule has 1 unspecified atom stereocenters. The zero-order valence-electron chi connectivity index (χ0n) is 15.6. The van der Waals surface area contributed by atoms with Crippen LogP contribution in [-0.4, -0.2) is 33.9 Å². The second-order valence-corrected chi connectivity index (χ2v) is 7.31. The molecule has 0 spiro atoms. The smallest absolute Gasteiger partial charge is 0.221 e. The number of anilines is 1. The summed E-state index contributed by atoms with van der Waals surface area (Å²) in [5.41, 5.74) is 4.05. The van der Waals surface area contributed by atoms with E-state index in [2.05, 4.69) is 39.5 Å². The first-order valence-corrected chi connectivity index (χ1v) is 9.45. The molecule has 138 valence electrons. The molecule has 1 amide bonds. The lowest BCUT2D eigenvalue weighted by atomic mass is 10.0. The number of hydrogen-bond acceptors (Lipinski definition) is 4. The largest absolute Gasteiger partial charge is 0.326 e. The third-order valence-corrected chi connectivity index (χ3v) is 5.05. The summed E-state index contributed by atoms with van der Waals surface area (Å²) in [6.45, 7) is 4.60. The quantitative estimate of drug-likeness (QED) is 0.754. The second-order valence-electron chi connectivity index (χ2n) is 7.31. The van der Waals surface area contributed by atoms with Crippen LogP contribution in [0.5, 0.6) is 0 Å². The van der Waals surface area contributed by atoms with E-state index in [-0.39, 0.29) is 5.91 Å². The van der Waals surface area contributed by atoms with Crippen LogP contribution in [-0.2, 0) is 17.8 Å². The zero-order valence-corrected chi connectivity index (χ0v) is 15.6. The van der Waals surface area contributed by atoms with Gasteiger partial charge in [0.2, 0.25) is 5.91 Å². The van der Waals surface area contributed by atoms with Gasteiger partial charge in [0.15, 0.2) is 0 Å². The van der Waals surface area contributed by atoms with E-state index in [0.29, 0.717) is 5.92 Å². The summed E-state index contributed by atoms with van der Waals surface area (Å²) >= 11 is 0. The lowest BCUT2D eigenvalue weighted by Gasteiger charge is -2.16. The van der Waals surface area contributed by atoms with Crippen LogP contribution in [0.25, 0.3) is 10.9 Å². The second kappa shape index (κ2) is 7.84. The fourth-order valence-electron chi connectivity index (χ4n) is 3.80. The number of amides is 1. The van der Waals surface area contributed by atoms with E-state index in [4.69, 9.17) is 4.98 Å². The maximum absolute atomic E-state index is 11.2. The number of nitrogens with zero attached hydrogens (tertiary/aromatic N) is 3. The number of carbonyl (C=O) groups excluding carboxylic acids is 1. The van der Waals surface area contributed by atoms with E-state index in [1.807, 2.05) is 30.5 Å². The van der Waals surface area contributed by atoms with Gasteiger partial charge in [-0.15, -0.1) is 0 Å². The Morgan fingerprint density at radius 3 is 2.93 bits per heavy atom. The van der Waals surface area contributed by atoms with Gasteiger partial charge in [-0.05, 0) is 61.7 Å². The molecule has 1 atom stereocenters. The lowest BCUT2D eigenvalue weighted by Crippen LogP contribution is -2.21. The molecule has 1 aromatic carbocycles. The Morgan fingerprint density at radius 1 is 1.19 bits per heavy atom. The molecule has 1 fully saturated rings. The highest BCUT2D eigenvalue weighted by Gasteiger charge is 2.23. The molecule has 27 heavy (non-hydrogen) atoms. The molecule has 0 aliphatic carbocycles. The van der Waals surface area contributed by atoms with E-state index in [1.54, 1.807) is 0 Å². The Balaban J connectivity index is 1.39. The normalized spacial score (nSPS) is 17.3. The lowest BCUT2D eigenvalue weighted by molar-refractivity contribution is -0.114. The molecular formula is C22H24N4O. The Labute approximate surface area is 159 Å². The van der Waals surface area contributed by atoms with Crippen LogP contribution in [0.3, 0.4) is 0 Å². The van der Waals surface area contributed by atoms with E-state index in [9.17, 15) is 4.79 Å². The fourth-order valence-corrected chi connectivity index (χ4v) is 3.80. The van der Waals surface area contributed by atoms with Crippen molar-refractivity contribution < 1.29 is 4.79 Å². The molecule has 1 saturated heterocycles. The summed E-state index contributed by atoms with van der Waals surface area (Å²) in [5, 5.41) is 3.86. The highest BCUT2D eigenvalue weighted by molar-refractivity contribution is 5.92. The highest BCUT2D eigenvalue weighted by Crippen LogP contribution is 2.23. The molecule has 4 rings (SSSR count). The number of pyridine rings is 2. The molecule has 3 heterocycles. The van der Waals surface area contributed by atoms with Gasteiger partial charge in [0.1, 0.15) is 0 Å². The molecule has 0 bridgehead atoms. The molecule has 0 saturated carbocycles. The van der Waals surface area contributed by atoms with Gasteiger partial charge >= 0.3 is 0 Å². The van der Waals surface area contributed by atoms with Crippen molar-refractivity contribution in [2.75, 3.05) is 18.4 Å². The minimum atomic E-state index is -0.0618. The van der Waals surface area contributed by atoms with Crippen molar-refractivity contribution in [3.05, 3.63) is 66.1 Å². The maximum Gasteiger partial charge on any atom is 0.221 e. The summed E-state index contributed by atoms with van der Waals surface area (Å²) in [6, 6.07) is 16.2. The monoisotopic (exact) mass is 360 g/mol. The summed E-state index contributed by atoms with van der Waals surface area (Å²) in [5.74, 6) is 0.605. The molecular weight excluding hydrogens is 336 g/mol. The average molecular weight is 360 g/mol. The van der Waals surface area contributed by atoms with E-state index in [1.165, 1.54) is 19.0 Å². The van der Waals surface area contributed by atoms with E-state index >= 15 is 0 Å². The van der Waals surface area contributed by atoms with Crippen molar-refractivity contribution >= 4 is 22.5 Å². The van der Waals surface area contributed by atoms with Crippen molar-refractivity contribution in [2.45, 2.75) is 26.3 Å². The van der Waals surface area contributed by atoms with Crippen molar-refractivity contribution in [2.24, 2.45) is 5.92 Å². The van der Waals surface area contributed by atoms with Crippen molar-refractivity contribution in [1.82, 2.24) is 14.9 Å². The van der Waals surface area contributed by atoms with Gasteiger partial charge in [-0.1, -0.05) is 12.1 Å². The number of benzene rings is 1. The predicted molar refractivity (Wildman–Crippen MR) is 107 cm³/mol. The highest BCUT2D eigenvalue weighted by atomic mass is 16.1. The van der Waals surface area contributed by atoms with Gasteiger partial charge in [0.05, 0.1) is 11.2 Å². The number of likely N-dealkylation sites (tertiary alicyclic amines) is 1. The Hall–Kier alpha value is -2.79. The third kappa shape index (κ3) is 4.49. The van der Waals surface area contributed by atoms with Gasteiger partial charge in [-0.2, -0.15) is 0 Å². The minimum Gasteiger partial charge on any atom is -0.326 e. The Morgan fingerprint density at radius 2 is 2.11 bits per heavy atom. The van der Waals surface area contributed by atoms with Crippen LogP contribution in [0.2, 0.25) is 0 Å². The number of carbonyl (C=O) groups is 1. The Bertz CT molecular complexity index is 941. The zero-order chi connectivity index (χ0) is 18.6. The van der Waals surface area contributed by atoms with Gasteiger partial charge in [-0.3, -0.25) is 19.7 Å². The summed E-state index contributed by atoms with van der Waals surface area (Å²) in [6.07, 6.45) is 4.14. The SMILES string of the molecule is CC(=O)Nc1ccc2nc(CN3CCC(Cc4ccccn4)C3)ccc2c1. The van der Waals surface area contributed by atoms with Crippen LogP contribution in [0, 0.1) is 5.92 Å². The van der Waals surface area contributed by atoms with E-state index in [0.717, 1.165) is 48.3 Å². The van der Waals surface area contributed by atoms with E-state index < -0.39 is 0 Å². The predicted octanol–water partition coefficient (Wildman–Crippen LogP) is 3.65. The van der Waals surface area contributed by atoms with Crippen molar-refractivity contribution in [3.63, 3.8) is 0 Å². The Kier molecular flexibility index (Phi) is 5.12. The molecule has 5 heteroatoms. The van der Waals surface area contributed by atoms with Crippen molar-refractivity contribution in [1.29, 1.82) is 0 Å². The molecule has 5 nitrogen and oxygen atoms in total. The first-order valence-electron chi connectivity index (χ1n) is 9.45. The number of hydrogen-bond donors (Lipinski definition) is 1. The number of nitrogens with one attached hydrogen (secondary N) is 1. The number of aromatic nitrogens is 2. The molecule has 3 aromatic rings. The first kappa shape index (κ1) is 17.6. The van der Waals surface area contributed by atoms with Gasteiger partial charge in [-0.25, -0.2) is 0 Å². The topological polar surface area (TPSA) is 58.1 Å². The van der Waals surface area contributed by atoms with Gasteiger partial charge in [0.25, 0.3) is 0 Å². The van der Waals surface area contributed by atoms with Crippen LogP contribution >= 0.6 is 0 Å². The number of rotatable bonds is 5. The average Bonchev–Trinajstić information content (AvgIpc) is 3.09.